The van der Waals surface area contributed by atoms with Crippen LogP contribution in [-0.2, 0) is 4.79 Å². The highest BCUT2D eigenvalue weighted by molar-refractivity contribution is 9.10. The second-order valence-corrected chi connectivity index (χ2v) is 4.29. The topological polar surface area (TPSA) is 101 Å². The number of nitrogens with zero attached hydrogens (tertiary/aromatic N) is 1. The van der Waals surface area contributed by atoms with Gasteiger partial charge in [0.1, 0.15) is 5.70 Å². The Balaban J connectivity index is 2.38. The lowest BCUT2D eigenvalue weighted by Crippen LogP contribution is -2.22. The summed E-state index contributed by atoms with van der Waals surface area (Å²) in [4.78, 5) is 32.3. The third-order valence-corrected chi connectivity index (χ3v) is 2.87. The first-order valence-electron chi connectivity index (χ1n) is 4.75. The highest BCUT2D eigenvalue weighted by Crippen LogP contribution is 2.26. The van der Waals surface area contributed by atoms with Crippen molar-refractivity contribution >= 4 is 39.6 Å². The summed E-state index contributed by atoms with van der Waals surface area (Å²) >= 11 is 3.05. The molecule has 2 N–H and O–H groups in total. The second-order valence-electron chi connectivity index (χ2n) is 3.43. The number of hydrogen-bond acceptors (Lipinski definition) is 4. The lowest BCUT2D eigenvalue weighted by atomic mass is 10.1. The molecule has 0 unspecified atom stereocenters. The van der Waals surface area contributed by atoms with Crippen LogP contribution < -0.4 is 10.6 Å². The lowest BCUT2D eigenvalue weighted by Gasteiger charge is -1.98. The number of urea groups is 1. The maximum absolute atomic E-state index is 11.3. The van der Waals surface area contributed by atoms with Gasteiger partial charge in [-0.1, -0.05) is 6.07 Å². The summed E-state index contributed by atoms with van der Waals surface area (Å²) in [6.45, 7) is 0. The van der Waals surface area contributed by atoms with Crippen molar-refractivity contribution in [2.75, 3.05) is 0 Å². The van der Waals surface area contributed by atoms with Gasteiger partial charge in [-0.3, -0.25) is 20.2 Å². The molecule has 0 atom stereocenters. The Hall–Kier alpha value is -2.22. The number of carbonyl (C=O) groups is 2. The summed E-state index contributed by atoms with van der Waals surface area (Å²) in [6.07, 6.45) is 1.36. The van der Waals surface area contributed by atoms with Crippen LogP contribution in [-0.4, -0.2) is 16.9 Å². The summed E-state index contributed by atoms with van der Waals surface area (Å²) in [5.74, 6) is -0.564. The zero-order valence-electron chi connectivity index (χ0n) is 8.77. The predicted octanol–water partition coefficient (Wildman–Crippen LogP) is 1.54. The molecule has 1 aromatic rings. The van der Waals surface area contributed by atoms with Gasteiger partial charge in [0.25, 0.3) is 11.6 Å². The number of amides is 3. The fraction of sp³-hybridized carbons (Fsp3) is 0. The lowest BCUT2D eigenvalue weighted by molar-refractivity contribution is -0.385. The quantitative estimate of drug-likeness (QED) is 0.374. The van der Waals surface area contributed by atoms with Crippen molar-refractivity contribution in [2.45, 2.75) is 0 Å². The molecule has 1 fully saturated rings. The molecule has 1 saturated heterocycles. The summed E-state index contributed by atoms with van der Waals surface area (Å²) in [5.41, 5.74) is 0.378. The number of rotatable bonds is 2. The van der Waals surface area contributed by atoms with Crippen molar-refractivity contribution in [1.29, 1.82) is 0 Å². The normalized spacial score (nSPS) is 16.6. The minimum atomic E-state index is -0.613. The van der Waals surface area contributed by atoms with Crippen LogP contribution >= 0.6 is 15.9 Å². The van der Waals surface area contributed by atoms with Crippen LogP contribution in [0.2, 0.25) is 0 Å². The average Bonchev–Trinajstić information content (AvgIpc) is 2.60. The summed E-state index contributed by atoms with van der Waals surface area (Å²) in [7, 11) is 0. The van der Waals surface area contributed by atoms with E-state index < -0.39 is 16.9 Å². The minimum absolute atomic E-state index is 0.0524. The highest BCUT2D eigenvalue weighted by atomic mass is 79.9. The van der Waals surface area contributed by atoms with Crippen molar-refractivity contribution in [2.24, 2.45) is 0 Å². The van der Waals surface area contributed by atoms with Gasteiger partial charge in [-0.15, -0.1) is 0 Å². The molecule has 0 saturated carbocycles. The third kappa shape index (κ3) is 2.38. The molecule has 0 spiro atoms. The van der Waals surface area contributed by atoms with E-state index in [1.165, 1.54) is 18.2 Å². The number of carbonyl (C=O) groups excluding carboxylic acids is 2. The van der Waals surface area contributed by atoms with Crippen LogP contribution in [0.4, 0.5) is 10.5 Å². The van der Waals surface area contributed by atoms with Crippen molar-refractivity contribution in [3.05, 3.63) is 44.0 Å². The standard InChI is InChI=1S/C10H6BrN3O4/c11-6-2-1-5(4-8(6)14(17)18)3-7-9(15)13-10(16)12-7/h1-4H,(H2,12,13,15,16)/b7-3+. The van der Waals surface area contributed by atoms with Crippen LogP contribution in [0, 0.1) is 10.1 Å². The van der Waals surface area contributed by atoms with Gasteiger partial charge in [-0.05, 0) is 33.6 Å². The van der Waals surface area contributed by atoms with Gasteiger partial charge in [0.2, 0.25) is 0 Å². The Morgan fingerprint density at radius 2 is 2.00 bits per heavy atom. The highest BCUT2D eigenvalue weighted by Gasteiger charge is 2.23. The third-order valence-electron chi connectivity index (χ3n) is 2.20. The van der Waals surface area contributed by atoms with Gasteiger partial charge in [0.15, 0.2) is 0 Å². The molecule has 0 radical (unpaired) electrons. The first-order valence-corrected chi connectivity index (χ1v) is 5.54. The average molecular weight is 312 g/mol. The molecule has 1 aromatic carbocycles. The van der Waals surface area contributed by atoms with Crippen LogP contribution in [0.5, 0.6) is 0 Å². The van der Waals surface area contributed by atoms with Crippen molar-refractivity contribution < 1.29 is 14.5 Å². The Kier molecular flexibility index (Phi) is 3.11. The van der Waals surface area contributed by atoms with Gasteiger partial charge in [0.05, 0.1) is 9.40 Å². The van der Waals surface area contributed by atoms with E-state index in [1.54, 1.807) is 6.07 Å². The molecule has 0 aromatic heterocycles. The Labute approximate surface area is 109 Å². The number of benzene rings is 1. The van der Waals surface area contributed by atoms with E-state index in [4.69, 9.17) is 0 Å². The largest absolute Gasteiger partial charge is 0.326 e. The molecular weight excluding hydrogens is 306 g/mol. The number of nitro groups is 1. The van der Waals surface area contributed by atoms with Gasteiger partial charge < -0.3 is 5.32 Å². The number of hydrogen-bond donors (Lipinski definition) is 2. The van der Waals surface area contributed by atoms with Crippen LogP contribution in [0.1, 0.15) is 5.56 Å². The molecule has 2 rings (SSSR count). The molecule has 1 aliphatic rings. The Morgan fingerprint density at radius 1 is 1.28 bits per heavy atom. The fourth-order valence-corrected chi connectivity index (χ4v) is 1.80. The first kappa shape index (κ1) is 12.2. The van der Waals surface area contributed by atoms with E-state index in [0.29, 0.717) is 10.0 Å². The van der Waals surface area contributed by atoms with Crippen LogP contribution in [0.25, 0.3) is 6.08 Å². The van der Waals surface area contributed by atoms with Crippen molar-refractivity contribution in [1.82, 2.24) is 10.6 Å². The molecular formula is C10H6BrN3O4. The molecule has 7 nitrogen and oxygen atoms in total. The summed E-state index contributed by atoms with van der Waals surface area (Å²) in [6, 6.07) is 3.77. The monoisotopic (exact) mass is 311 g/mol. The molecule has 0 bridgehead atoms. The first-order chi connectivity index (χ1) is 8.47. The minimum Gasteiger partial charge on any atom is -0.303 e. The SMILES string of the molecule is O=C1NC(=O)/C(=C\c2ccc(Br)c([N+](=O)[O-])c2)N1. The van der Waals surface area contributed by atoms with Gasteiger partial charge in [-0.2, -0.15) is 0 Å². The van der Waals surface area contributed by atoms with Gasteiger partial charge >= 0.3 is 6.03 Å². The smallest absolute Gasteiger partial charge is 0.303 e. The zero-order valence-corrected chi connectivity index (χ0v) is 10.4. The molecule has 3 amide bonds. The Morgan fingerprint density at radius 3 is 2.56 bits per heavy atom. The zero-order chi connectivity index (χ0) is 13.3. The number of nitro benzene ring substituents is 1. The number of halogens is 1. The molecule has 0 aliphatic carbocycles. The maximum Gasteiger partial charge on any atom is 0.326 e. The molecule has 1 heterocycles. The van der Waals surface area contributed by atoms with Gasteiger partial charge in [0, 0.05) is 6.07 Å². The van der Waals surface area contributed by atoms with E-state index in [2.05, 4.69) is 21.2 Å². The van der Waals surface area contributed by atoms with Crippen molar-refractivity contribution in [3.63, 3.8) is 0 Å². The Bertz CT molecular complexity index is 597. The van der Waals surface area contributed by atoms with E-state index in [-0.39, 0.29) is 11.4 Å². The van der Waals surface area contributed by atoms with Gasteiger partial charge in [-0.25, -0.2) is 4.79 Å². The van der Waals surface area contributed by atoms with E-state index in [0.717, 1.165) is 0 Å². The van der Waals surface area contributed by atoms with Crippen LogP contribution in [0.3, 0.4) is 0 Å². The maximum atomic E-state index is 11.3. The number of nitrogens with one attached hydrogen (secondary N) is 2. The summed E-state index contributed by atoms with van der Waals surface area (Å²) in [5, 5.41) is 15.1. The second kappa shape index (κ2) is 4.57. The predicted molar refractivity (Wildman–Crippen MR) is 65.4 cm³/mol. The van der Waals surface area contributed by atoms with Crippen LogP contribution in [0.15, 0.2) is 28.4 Å². The fourth-order valence-electron chi connectivity index (χ4n) is 1.41. The van der Waals surface area contributed by atoms with Crippen molar-refractivity contribution in [3.8, 4) is 0 Å². The molecule has 8 heteroatoms. The van der Waals surface area contributed by atoms with E-state index in [1.807, 2.05) is 5.32 Å². The molecule has 1 aliphatic heterocycles. The molecule has 18 heavy (non-hydrogen) atoms. The van der Waals surface area contributed by atoms with E-state index >= 15 is 0 Å². The summed E-state index contributed by atoms with van der Waals surface area (Å²) < 4.78 is 0.342. The number of imide groups is 1. The molecule has 92 valence electrons. The van der Waals surface area contributed by atoms with E-state index in [9.17, 15) is 19.7 Å².